The minimum atomic E-state index is -0.690. The van der Waals surface area contributed by atoms with Gasteiger partial charge in [-0.05, 0) is 54.7 Å². The van der Waals surface area contributed by atoms with Gasteiger partial charge >= 0.3 is 0 Å². The van der Waals surface area contributed by atoms with Gasteiger partial charge in [-0.15, -0.1) is 0 Å². The molecule has 20 heavy (non-hydrogen) atoms. The van der Waals surface area contributed by atoms with E-state index in [0.29, 0.717) is 5.92 Å². The van der Waals surface area contributed by atoms with Crippen molar-refractivity contribution in [1.29, 1.82) is 0 Å². The quantitative estimate of drug-likeness (QED) is 0.876. The van der Waals surface area contributed by atoms with Gasteiger partial charge < -0.3 is 9.84 Å². The van der Waals surface area contributed by atoms with Crippen LogP contribution in [0.25, 0.3) is 0 Å². The average molecular weight is 276 g/mol. The summed E-state index contributed by atoms with van der Waals surface area (Å²) in [6.45, 7) is 9.60. The highest BCUT2D eigenvalue weighted by Crippen LogP contribution is 2.48. The van der Waals surface area contributed by atoms with Crippen LogP contribution < -0.4 is 4.74 Å². The van der Waals surface area contributed by atoms with Crippen LogP contribution in [0.4, 0.5) is 0 Å². The first kappa shape index (κ1) is 15.4. The SMILES string of the molecule is CCCOc1ccc(C2(O)CC(C)CC(C)(C)C2)cc1. The molecule has 1 aliphatic rings. The Bertz CT molecular complexity index is 435. The Morgan fingerprint density at radius 2 is 1.85 bits per heavy atom. The fraction of sp³-hybridized carbons (Fsp3) is 0.667. The summed E-state index contributed by atoms with van der Waals surface area (Å²) >= 11 is 0. The smallest absolute Gasteiger partial charge is 0.119 e. The zero-order chi connectivity index (χ0) is 14.8. The number of ether oxygens (including phenoxy) is 1. The number of rotatable bonds is 4. The van der Waals surface area contributed by atoms with Crippen LogP contribution in [0.2, 0.25) is 0 Å². The minimum absolute atomic E-state index is 0.198. The van der Waals surface area contributed by atoms with E-state index in [2.05, 4.69) is 27.7 Å². The van der Waals surface area contributed by atoms with Gasteiger partial charge in [0.2, 0.25) is 0 Å². The van der Waals surface area contributed by atoms with E-state index in [1.54, 1.807) is 0 Å². The van der Waals surface area contributed by atoms with Gasteiger partial charge in [-0.1, -0.05) is 39.8 Å². The fourth-order valence-corrected chi connectivity index (χ4v) is 3.83. The normalized spacial score (nSPS) is 29.1. The predicted molar refractivity (Wildman–Crippen MR) is 82.9 cm³/mol. The van der Waals surface area contributed by atoms with Crippen molar-refractivity contribution >= 4 is 0 Å². The maximum atomic E-state index is 11.1. The highest BCUT2D eigenvalue weighted by molar-refractivity contribution is 5.31. The molecule has 1 N–H and O–H groups in total. The van der Waals surface area contributed by atoms with Crippen molar-refractivity contribution in [2.24, 2.45) is 11.3 Å². The van der Waals surface area contributed by atoms with Crippen LogP contribution in [0.1, 0.15) is 58.9 Å². The molecule has 2 nitrogen and oxygen atoms in total. The topological polar surface area (TPSA) is 29.5 Å². The second-order valence-corrected chi connectivity index (χ2v) is 7.26. The first-order valence-electron chi connectivity index (χ1n) is 7.80. The highest BCUT2D eigenvalue weighted by Gasteiger charge is 2.42. The number of aliphatic hydroxyl groups is 1. The molecule has 2 atom stereocenters. The summed E-state index contributed by atoms with van der Waals surface area (Å²) in [5, 5.41) is 11.1. The van der Waals surface area contributed by atoms with E-state index < -0.39 is 5.60 Å². The molecule has 1 aromatic rings. The third-order valence-corrected chi connectivity index (χ3v) is 4.22. The molecule has 0 spiro atoms. The van der Waals surface area contributed by atoms with Crippen LogP contribution >= 0.6 is 0 Å². The Kier molecular flexibility index (Phi) is 4.43. The lowest BCUT2D eigenvalue weighted by Crippen LogP contribution is -2.39. The molecule has 1 saturated carbocycles. The Balaban J connectivity index is 2.16. The van der Waals surface area contributed by atoms with Crippen LogP contribution in [0.5, 0.6) is 5.75 Å². The summed E-state index contributed by atoms with van der Waals surface area (Å²) in [5.74, 6) is 1.45. The van der Waals surface area contributed by atoms with Crippen LogP contribution in [0, 0.1) is 11.3 Å². The van der Waals surface area contributed by atoms with Crippen molar-refractivity contribution in [3.05, 3.63) is 29.8 Å². The van der Waals surface area contributed by atoms with Crippen molar-refractivity contribution < 1.29 is 9.84 Å². The van der Waals surface area contributed by atoms with Gasteiger partial charge in [-0.25, -0.2) is 0 Å². The molecule has 0 saturated heterocycles. The molecule has 2 unspecified atom stereocenters. The minimum Gasteiger partial charge on any atom is -0.494 e. The molecule has 0 aliphatic heterocycles. The Labute approximate surface area is 123 Å². The van der Waals surface area contributed by atoms with Gasteiger partial charge in [0, 0.05) is 0 Å². The van der Waals surface area contributed by atoms with Crippen molar-refractivity contribution in [3.8, 4) is 5.75 Å². The van der Waals surface area contributed by atoms with Crippen LogP contribution in [-0.2, 0) is 5.60 Å². The standard InChI is InChI=1S/C18H28O2/c1-5-10-20-16-8-6-15(7-9-16)18(19)12-14(2)11-17(3,4)13-18/h6-9,14,19H,5,10-13H2,1-4H3. The molecule has 1 aromatic carbocycles. The molecule has 0 heterocycles. The Hall–Kier alpha value is -1.02. The monoisotopic (exact) mass is 276 g/mol. The Morgan fingerprint density at radius 1 is 1.20 bits per heavy atom. The predicted octanol–water partition coefficient (Wildman–Crippen LogP) is 4.51. The average Bonchev–Trinajstić information content (AvgIpc) is 2.34. The van der Waals surface area contributed by atoms with Gasteiger partial charge in [0.25, 0.3) is 0 Å². The molecule has 1 aliphatic carbocycles. The summed E-state index contributed by atoms with van der Waals surface area (Å²) in [7, 11) is 0. The largest absolute Gasteiger partial charge is 0.494 e. The Morgan fingerprint density at radius 3 is 2.40 bits per heavy atom. The van der Waals surface area contributed by atoms with E-state index in [1.165, 1.54) is 6.42 Å². The molecular formula is C18H28O2. The molecular weight excluding hydrogens is 248 g/mol. The van der Waals surface area contributed by atoms with Gasteiger partial charge in [0.05, 0.1) is 12.2 Å². The van der Waals surface area contributed by atoms with Gasteiger partial charge in [-0.3, -0.25) is 0 Å². The fourth-order valence-electron chi connectivity index (χ4n) is 3.83. The first-order chi connectivity index (χ1) is 9.35. The highest BCUT2D eigenvalue weighted by atomic mass is 16.5. The number of hydrogen-bond acceptors (Lipinski definition) is 2. The van der Waals surface area contributed by atoms with E-state index >= 15 is 0 Å². The third-order valence-electron chi connectivity index (χ3n) is 4.22. The maximum absolute atomic E-state index is 11.1. The van der Waals surface area contributed by atoms with Crippen molar-refractivity contribution in [1.82, 2.24) is 0 Å². The molecule has 0 bridgehead atoms. The molecule has 1 fully saturated rings. The summed E-state index contributed by atoms with van der Waals surface area (Å²) in [5.41, 5.74) is 0.537. The van der Waals surface area contributed by atoms with E-state index in [0.717, 1.165) is 37.2 Å². The third kappa shape index (κ3) is 3.54. The maximum Gasteiger partial charge on any atom is 0.119 e. The second kappa shape index (κ2) is 5.77. The molecule has 2 heteroatoms. The van der Waals surface area contributed by atoms with E-state index in [-0.39, 0.29) is 5.41 Å². The van der Waals surface area contributed by atoms with Gasteiger partial charge in [0.1, 0.15) is 5.75 Å². The lowest BCUT2D eigenvalue weighted by Gasteiger charge is -2.45. The molecule has 0 amide bonds. The van der Waals surface area contributed by atoms with Crippen molar-refractivity contribution in [3.63, 3.8) is 0 Å². The summed E-state index contributed by atoms with van der Waals surface area (Å²) < 4.78 is 5.61. The van der Waals surface area contributed by atoms with E-state index in [4.69, 9.17) is 4.74 Å². The molecule has 0 radical (unpaired) electrons. The zero-order valence-corrected chi connectivity index (χ0v) is 13.3. The van der Waals surface area contributed by atoms with Gasteiger partial charge in [-0.2, -0.15) is 0 Å². The lowest BCUT2D eigenvalue weighted by molar-refractivity contribution is -0.0635. The van der Waals surface area contributed by atoms with Crippen molar-refractivity contribution in [2.75, 3.05) is 6.61 Å². The molecule has 112 valence electrons. The van der Waals surface area contributed by atoms with Crippen molar-refractivity contribution in [2.45, 2.75) is 59.0 Å². The molecule has 2 rings (SSSR count). The summed E-state index contributed by atoms with van der Waals surface area (Å²) in [6.07, 6.45) is 3.88. The lowest BCUT2D eigenvalue weighted by atomic mass is 9.64. The van der Waals surface area contributed by atoms with Gasteiger partial charge in [0.15, 0.2) is 0 Å². The molecule has 0 aromatic heterocycles. The number of benzene rings is 1. The van der Waals surface area contributed by atoms with Crippen LogP contribution in [0.15, 0.2) is 24.3 Å². The summed E-state index contributed by atoms with van der Waals surface area (Å²) in [6, 6.07) is 8.02. The number of hydrogen-bond donors (Lipinski definition) is 1. The zero-order valence-electron chi connectivity index (χ0n) is 13.3. The first-order valence-corrected chi connectivity index (χ1v) is 7.80. The van der Waals surface area contributed by atoms with E-state index in [9.17, 15) is 5.11 Å². The van der Waals surface area contributed by atoms with Crippen LogP contribution in [0.3, 0.4) is 0 Å². The summed E-state index contributed by atoms with van der Waals surface area (Å²) in [4.78, 5) is 0. The van der Waals surface area contributed by atoms with E-state index in [1.807, 2.05) is 24.3 Å². The van der Waals surface area contributed by atoms with Crippen LogP contribution in [-0.4, -0.2) is 11.7 Å². The second-order valence-electron chi connectivity index (χ2n) is 7.26.